The minimum absolute atomic E-state index is 0.0984. The zero-order valence-corrected chi connectivity index (χ0v) is 18.1. The summed E-state index contributed by atoms with van der Waals surface area (Å²) in [5.74, 6) is 2.20. The third-order valence-corrected chi connectivity index (χ3v) is 5.90. The molecule has 0 unspecified atom stereocenters. The van der Waals surface area contributed by atoms with Crippen LogP contribution in [0.1, 0.15) is 17.0 Å². The second-order valence-electron chi connectivity index (χ2n) is 7.58. The van der Waals surface area contributed by atoms with Crippen molar-refractivity contribution in [1.82, 2.24) is 14.9 Å². The summed E-state index contributed by atoms with van der Waals surface area (Å²) in [5.41, 5.74) is 3.25. The number of aromatic amines is 1. The van der Waals surface area contributed by atoms with Crippen molar-refractivity contribution in [2.45, 2.75) is 19.5 Å². The van der Waals surface area contributed by atoms with Gasteiger partial charge in [-0.05, 0) is 48.5 Å². The summed E-state index contributed by atoms with van der Waals surface area (Å²) in [7, 11) is 0. The lowest BCUT2D eigenvalue weighted by molar-refractivity contribution is 0.223. The Morgan fingerprint density at radius 3 is 2.65 bits per heavy atom. The van der Waals surface area contributed by atoms with Crippen LogP contribution in [0.2, 0.25) is 10.0 Å². The van der Waals surface area contributed by atoms with Gasteiger partial charge in [0.15, 0.2) is 0 Å². The molecule has 5 rings (SSSR count). The van der Waals surface area contributed by atoms with E-state index >= 15 is 0 Å². The molecule has 0 radical (unpaired) electrons. The number of furan rings is 1. The van der Waals surface area contributed by atoms with Crippen LogP contribution in [0, 0.1) is 0 Å². The standard InChI is InChI=1S/C24H19Cl2N3O2/c25-17-6-4-15(5-7-17)23-27-21-10-11-29(14-20(21)24(30)28-23)13-19-8-9-22(31-19)16-2-1-3-18(26)12-16/h1-9,12H,10-11,13-14H2,(H,27,28,30). The first-order chi connectivity index (χ1) is 15.0. The van der Waals surface area contributed by atoms with Crippen molar-refractivity contribution in [3.8, 4) is 22.7 Å². The van der Waals surface area contributed by atoms with Gasteiger partial charge in [0, 0.05) is 40.7 Å². The molecule has 4 aromatic rings. The van der Waals surface area contributed by atoms with Gasteiger partial charge in [0.25, 0.3) is 5.56 Å². The van der Waals surface area contributed by atoms with Gasteiger partial charge >= 0.3 is 0 Å². The highest BCUT2D eigenvalue weighted by molar-refractivity contribution is 6.31. The molecule has 156 valence electrons. The summed E-state index contributed by atoms with van der Waals surface area (Å²) >= 11 is 12.0. The predicted octanol–water partition coefficient (Wildman–Crippen LogP) is 5.56. The highest BCUT2D eigenvalue weighted by Gasteiger charge is 2.22. The molecule has 31 heavy (non-hydrogen) atoms. The van der Waals surface area contributed by atoms with Crippen LogP contribution >= 0.6 is 23.2 Å². The van der Waals surface area contributed by atoms with Crippen LogP contribution in [-0.4, -0.2) is 21.4 Å². The second kappa shape index (κ2) is 8.35. The van der Waals surface area contributed by atoms with Gasteiger partial charge in [-0.2, -0.15) is 0 Å². The van der Waals surface area contributed by atoms with E-state index < -0.39 is 0 Å². The Labute approximate surface area is 189 Å². The Balaban J connectivity index is 1.33. The molecule has 1 N–H and O–H groups in total. The van der Waals surface area contributed by atoms with E-state index in [0.29, 0.717) is 40.9 Å². The molecule has 5 nitrogen and oxygen atoms in total. The second-order valence-corrected chi connectivity index (χ2v) is 8.46. The van der Waals surface area contributed by atoms with Gasteiger partial charge in [-0.15, -0.1) is 0 Å². The van der Waals surface area contributed by atoms with Crippen LogP contribution in [0.4, 0.5) is 0 Å². The van der Waals surface area contributed by atoms with Crippen LogP contribution < -0.4 is 5.56 Å². The first-order valence-electron chi connectivity index (χ1n) is 10.0. The number of aromatic nitrogens is 2. The maximum Gasteiger partial charge on any atom is 0.255 e. The summed E-state index contributed by atoms with van der Waals surface area (Å²) in [5, 5.41) is 1.32. The van der Waals surface area contributed by atoms with Crippen LogP contribution in [0.25, 0.3) is 22.7 Å². The Morgan fingerprint density at radius 1 is 1.00 bits per heavy atom. The topological polar surface area (TPSA) is 62.1 Å². The largest absolute Gasteiger partial charge is 0.460 e. The number of nitrogens with zero attached hydrogens (tertiary/aromatic N) is 2. The van der Waals surface area contributed by atoms with Gasteiger partial charge in [-0.25, -0.2) is 4.98 Å². The van der Waals surface area contributed by atoms with E-state index in [1.165, 1.54) is 0 Å². The lowest BCUT2D eigenvalue weighted by Crippen LogP contribution is -2.35. The van der Waals surface area contributed by atoms with E-state index in [2.05, 4.69) is 9.88 Å². The molecule has 1 aliphatic heterocycles. The summed E-state index contributed by atoms with van der Waals surface area (Å²) in [4.78, 5) is 22.6. The van der Waals surface area contributed by atoms with Crippen LogP contribution in [0.3, 0.4) is 0 Å². The van der Waals surface area contributed by atoms with Crippen molar-refractivity contribution in [1.29, 1.82) is 0 Å². The Bertz CT molecular complexity index is 1290. The maximum absolute atomic E-state index is 12.8. The Morgan fingerprint density at radius 2 is 1.84 bits per heavy atom. The summed E-state index contributed by atoms with van der Waals surface area (Å²) in [6, 6.07) is 18.8. The highest BCUT2D eigenvalue weighted by atomic mass is 35.5. The van der Waals surface area contributed by atoms with Gasteiger partial charge in [0.05, 0.1) is 17.8 Å². The molecular weight excluding hydrogens is 433 g/mol. The third-order valence-electron chi connectivity index (χ3n) is 5.42. The number of nitrogens with one attached hydrogen (secondary N) is 1. The SMILES string of the molecule is O=c1[nH]c(-c2ccc(Cl)cc2)nc2c1CN(Cc1ccc(-c3cccc(Cl)c3)o1)CC2. The average molecular weight is 452 g/mol. The van der Waals surface area contributed by atoms with Gasteiger partial charge < -0.3 is 9.40 Å². The average Bonchev–Trinajstić information content (AvgIpc) is 3.23. The maximum atomic E-state index is 12.8. The van der Waals surface area contributed by atoms with Crippen LogP contribution in [-0.2, 0) is 19.5 Å². The van der Waals surface area contributed by atoms with Crippen molar-refractivity contribution in [2.24, 2.45) is 0 Å². The van der Waals surface area contributed by atoms with Gasteiger partial charge in [-0.3, -0.25) is 9.69 Å². The van der Waals surface area contributed by atoms with Crippen LogP contribution in [0.15, 0.2) is 69.9 Å². The van der Waals surface area contributed by atoms with E-state index in [1.54, 1.807) is 12.1 Å². The molecule has 2 aromatic carbocycles. The van der Waals surface area contributed by atoms with E-state index in [4.69, 9.17) is 32.6 Å². The minimum atomic E-state index is -0.0984. The Kier molecular flexibility index (Phi) is 5.40. The van der Waals surface area contributed by atoms with E-state index in [-0.39, 0.29) is 5.56 Å². The van der Waals surface area contributed by atoms with Gasteiger partial charge in [0.2, 0.25) is 0 Å². The molecular formula is C24H19Cl2N3O2. The molecule has 0 bridgehead atoms. The quantitative estimate of drug-likeness (QED) is 0.440. The molecule has 0 saturated heterocycles. The fourth-order valence-electron chi connectivity index (χ4n) is 3.84. The zero-order chi connectivity index (χ0) is 21.4. The molecule has 0 spiro atoms. The molecule has 0 amide bonds. The normalized spacial score (nSPS) is 13.9. The predicted molar refractivity (Wildman–Crippen MR) is 122 cm³/mol. The highest BCUT2D eigenvalue weighted by Crippen LogP contribution is 2.26. The summed E-state index contributed by atoms with van der Waals surface area (Å²) in [6.45, 7) is 1.96. The first-order valence-corrected chi connectivity index (χ1v) is 10.8. The van der Waals surface area contributed by atoms with Crippen LogP contribution in [0.5, 0.6) is 0 Å². The smallest absolute Gasteiger partial charge is 0.255 e. The number of hydrogen-bond acceptors (Lipinski definition) is 4. The van der Waals surface area contributed by atoms with Gasteiger partial charge in [0.1, 0.15) is 17.3 Å². The number of benzene rings is 2. The number of H-pyrrole nitrogens is 1. The fraction of sp³-hybridized carbons (Fsp3) is 0.167. The molecule has 0 saturated carbocycles. The molecule has 1 aliphatic rings. The molecule has 0 fully saturated rings. The Hall–Kier alpha value is -2.86. The van der Waals surface area contributed by atoms with Crippen molar-refractivity contribution in [2.75, 3.05) is 6.54 Å². The lowest BCUT2D eigenvalue weighted by Gasteiger charge is -2.26. The van der Waals surface area contributed by atoms with Crippen molar-refractivity contribution in [3.05, 3.63) is 98.1 Å². The van der Waals surface area contributed by atoms with Gasteiger partial charge in [-0.1, -0.05) is 35.3 Å². The first kappa shape index (κ1) is 20.1. The van der Waals surface area contributed by atoms with Crippen molar-refractivity contribution in [3.63, 3.8) is 0 Å². The number of hydrogen-bond donors (Lipinski definition) is 1. The van der Waals surface area contributed by atoms with E-state index in [1.807, 2.05) is 48.5 Å². The number of halogens is 2. The van der Waals surface area contributed by atoms with E-state index in [9.17, 15) is 4.79 Å². The molecule has 2 aromatic heterocycles. The molecule has 0 atom stereocenters. The molecule has 0 aliphatic carbocycles. The van der Waals surface area contributed by atoms with E-state index in [0.717, 1.165) is 34.9 Å². The summed E-state index contributed by atoms with van der Waals surface area (Å²) in [6.07, 6.45) is 0.710. The monoisotopic (exact) mass is 451 g/mol. The zero-order valence-electron chi connectivity index (χ0n) is 16.6. The molecule has 7 heteroatoms. The number of rotatable bonds is 4. The van der Waals surface area contributed by atoms with Crippen molar-refractivity contribution >= 4 is 23.2 Å². The fourth-order valence-corrected chi connectivity index (χ4v) is 4.16. The third kappa shape index (κ3) is 4.30. The molecule has 3 heterocycles. The summed E-state index contributed by atoms with van der Waals surface area (Å²) < 4.78 is 6.02. The van der Waals surface area contributed by atoms with Crippen molar-refractivity contribution < 1.29 is 4.42 Å². The lowest BCUT2D eigenvalue weighted by atomic mass is 10.1. The number of fused-ring (bicyclic) bond motifs is 1. The minimum Gasteiger partial charge on any atom is -0.460 e.